The zero-order valence-electron chi connectivity index (χ0n) is 11.6. The summed E-state index contributed by atoms with van der Waals surface area (Å²) >= 11 is 0. The van der Waals surface area contributed by atoms with Gasteiger partial charge >= 0.3 is 6.03 Å². The van der Waals surface area contributed by atoms with Crippen LogP contribution >= 0.6 is 0 Å². The number of aromatic nitrogens is 3. The quantitative estimate of drug-likeness (QED) is 0.766. The molecule has 0 aliphatic carbocycles. The minimum Gasteiger partial charge on any atom is -0.339 e. The summed E-state index contributed by atoms with van der Waals surface area (Å²) in [5, 5.41) is 3.87. The fraction of sp³-hybridized carbons (Fsp3) is 0.308. The Kier molecular flexibility index (Phi) is 3.13. The molecule has 108 valence electrons. The predicted octanol–water partition coefficient (Wildman–Crippen LogP) is 0.566. The van der Waals surface area contributed by atoms with Crippen LogP contribution in [0.25, 0.3) is 11.4 Å². The van der Waals surface area contributed by atoms with Crippen molar-refractivity contribution in [2.45, 2.75) is 12.5 Å². The summed E-state index contributed by atoms with van der Waals surface area (Å²) in [6, 6.07) is 2.59. The van der Waals surface area contributed by atoms with E-state index in [0.29, 0.717) is 11.7 Å². The van der Waals surface area contributed by atoms with E-state index in [2.05, 4.69) is 15.1 Å². The van der Waals surface area contributed by atoms with Gasteiger partial charge in [-0.25, -0.2) is 4.79 Å². The van der Waals surface area contributed by atoms with Crippen LogP contribution in [0.5, 0.6) is 0 Å². The van der Waals surface area contributed by atoms with Gasteiger partial charge in [0.25, 0.3) is 5.91 Å². The first-order chi connectivity index (χ1) is 10.1. The van der Waals surface area contributed by atoms with Crippen molar-refractivity contribution in [1.82, 2.24) is 24.9 Å². The Hall–Kier alpha value is -2.77. The largest absolute Gasteiger partial charge is 0.339 e. The van der Waals surface area contributed by atoms with Crippen LogP contribution in [0.3, 0.4) is 0 Å². The molecule has 8 nitrogen and oxygen atoms in total. The topological polar surface area (TPSA) is 92.4 Å². The molecular formula is C13H13N5O3. The van der Waals surface area contributed by atoms with E-state index in [0.717, 1.165) is 10.5 Å². The second-order valence-electron chi connectivity index (χ2n) is 4.76. The molecule has 1 aliphatic rings. The van der Waals surface area contributed by atoms with Crippen LogP contribution in [-0.4, -0.2) is 57.0 Å². The minimum absolute atomic E-state index is 0.198. The zero-order chi connectivity index (χ0) is 15.0. The van der Waals surface area contributed by atoms with Crippen LogP contribution < -0.4 is 0 Å². The van der Waals surface area contributed by atoms with Crippen LogP contribution in [0.4, 0.5) is 4.79 Å². The first-order valence-corrected chi connectivity index (χ1v) is 6.35. The van der Waals surface area contributed by atoms with Gasteiger partial charge in [0.15, 0.2) is 0 Å². The third-order valence-corrected chi connectivity index (χ3v) is 3.45. The summed E-state index contributed by atoms with van der Waals surface area (Å²) in [5.41, 5.74) is 0.777. The number of nitrogens with zero attached hydrogens (tertiary/aromatic N) is 5. The number of carbonyl (C=O) groups is 2. The Balaban J connectivity index is 1.79. The number of urea groups is 1. The van der Waals surface area contributed by atoms with Crippen LogP contribution in [0.15, 0.2) is 29.0 Å². The highest BCUT2D eigenvalue weighted by Gasteiger charge is 2.41. The monoisotopic (exact) mass is 287 g/mol. The number of likely N-dealkylation sites (N-methyl/N-ethyl adjacent to an activating group) is 2. The smallest absolute Gasteiger partial charge is 0.326 e. The predicted molar refractivity (Wildman–Crippen MR) is 71.0 cm³/mol. The summed E-state index contributed by atoms with van der Waals surface area (Å²) in [6.07, 6.45) is 3.46. The van der Waals surface area contributed by atoms with Crippen molar-refractivity contribution >= 4 is 11.9 Å². The summed E-state index contributed by atoms with van der Waals surface area (Å²) < 4.78 is 5.16. The van der Waals surface area contributed by atoms with E-state index in [1.165, 1.54) is 11.9 Å². The first kappa shape index (κ1) is 13.2. The van der Waals surface area contributed by atoms with E-state index in [4.69, 9.17) is 4.52 Å². The van der Waals surface area contributed by atoms with E-state index in [1.807, 2.05) is 0 Å². The Bertz CT molecular complexity index is 684. The van der Waals surface area contributed by atoms with Crippen molar-refractivity contribution in [1.29, 1.82) is 0 Å². The standard InChI is InChI=1S/C13H13N5O3/c1-17-9(12(19)18(2)13(17)20)7-10-15-11(16-21-10)8-3-5-14-6-4-8/h3-6,9H,7H2,1-2H3/t9-/m1/s1. The number of imide groups is 1. The molecule has 0 bridgehead atoms. The number of amides is 3. The van der Waals surface area contributed by atoms with Crippen molar-refractivity contribution < 1.29 is 14.1 Å². The average Bonchev–Trinajstić information content (AvgIpc) is 3.05. The third kappa shape index (κ3) is 2.24. The van der Waals surface area contributed by atoms with E-state index in [-0.39, 0.29) is 18.4 Å². The molecule has 2 aromatic rings. The van der Waals surface area contributed by atoms with Gasteiger partial charge in [-0.3, -0.25) is 14.7 Å². The molecule has 0 spiro atoms. The van der Waals surface area contributed by atoms with E-state index in [9.17, 15) is 9.59 Å². The zero-order valence-corrected chi connectivity index (χ0v) is 11.6. The number of hydrogen-bond donors (Lipinski definition) is 0. The lowest BCUT2D eigenvalue weighted by atomic mass is 10.2. The molecule has 3 heterocycles. The Morgan fingerprint density at radius 1 is 1.24 bits per heavy atom. The molecule has 1 atom stereocenters. The second-order valence-corrected chi connectivity index (χ2v) is 4.76. The molecule has 21 heavy (non-hydrogen) atoms. The minimum atomic E-state index is -0.603. The molecule has 0 N–H and O–H groups in total. The molecular weight excluding hydrogens is 274 g/mol. The van der Waals surface area contributed by atoms with Gasteiger partial charge < -0.3 is 9.42 Å². The van der Waals surface area contributed by atoms with Crippen LogP contribution in [0.1, 0.15) is 5.89 Å². The lowest BCUT2D eigenvalue weighted by molar-refractivity contribution is -0.127. The maximum atomic E-state index is 12.0. The van der Waals surface area contributed by atoms with Gasteiger partial charge in [0, 0.05) is 32.1 Å². The number of carbonyl (C=O) groups excluding carboxylic acids is 2. The number of rotatable bonds is 3. The van der Waals surface area contributed by atoms with Crippen molar-refractivity contribution in [3.05, 3.63) is 30.4 Å². The molecule has 1 saturated heterocycles. The van der Waals surface area contributed by atoms with Crippen molar-refractivity contribution in [2.24, 2.45) is 0 Å². The maximum Gasteiger partial charge on any atom is 0.326 e. The highest BCUT2D eigenvalue weighted by atomic mass is 16.5. The highest BCUT2D eigenvalue weighted by Crippen LogP contribution is 2.19. The molecule has 0 unspecified atom stereocenters. The molecule has 0 saturated carbocycles. The van der Waals surface area contributed by atoms with Gasteiger partial charge in [-0.15, -0.1) is 0 Å². The van der Waals surface area contributed by atoms with Crippen LogP contribution in [0, 0.1) is 0 Å². The Morgan fingerprint density at radius 2 is 1.95 bits per heavy atom. The van der Waals surface area contributed by atoms with Crippen LogP contribution in [-0.2, 0) is 11.2 Å². The van der Waals surface area contributed by atoms with Crippen molar-refractivity contribution in [3.8, 4) is 11.4 Å². The number of hydrogen-bond acceptors (Lipinski definition) is 6. The van der Waals surface area contributed by atoms with Gasteiger partial charge in [-0.1, -0.05) is 5.16 Å². The van der Waals surface area contributed by atoms with E-state index >= 15 is 0 Å². The summed E-state index contributed by atoms with van der Waals surface area (Å²) in [7, 11) is 3.03. The lowest BCUT2D eigenvalue weighted by Gasteiger charge is -2.13. The third-order valence-electron chi connectivity index (χ3n) is 3.45. The van der Waals surface area contributed by atoms with Gasteiger partial charge in [-0.05, 0) is 12.1 Å². The van der Waals surface area contributed by atoms with E-state index < -0.39 is 6.04 Å². The van der Waals surface area contributed by atoms with Crippen molar-refractivity contribution in [2.75, 3.05) is 14.1 Å². The van der Waals surface area contributed by atoms with Gasteiger partial charge in [0.1, 0.15) is 6.04 Å². The number of pyridine rings is 1. The fourth-order valence-electron chi connectivity index (χ4n) is 2.20. The SMILES string of the molecule is CN1C(=O)[C@@H](Cc2nc(-c3ccncc3)no2)N(C)C1=O. The van der Waals surface area contributed by atoms with Gasteiger partial charge in [0.05, 0.1) is 6.42 Å². The molecule has 3 amide bonds. The van der Waals surface area contributed by atoms with Gasteiger partial charge in [-0.2, -0.15) is 4.98 Å². The first-order valence-electron chi connectivity index (χ1n) is 6.35. The van der Waals surface area contributed by atoms with E-state index in [1.54, 1.807) is 31.6 Å². The average molecular weight is 287 g/mol. The Morgan fingerprint density at radius 3 is 2.57 bits per heavy atom. The maximum absolute atomic E-state index is 12.0. The Labute approximate surface area is 120 Å². The summed E-state index contributed by atoms with van der Waals surface area (Å²) in [5.74, 6) is 0.474. The summed E-state index contributed by atoms with van der Waals surface area (Å²) in [6.45, 7) is 0. The van der Waals surface area contributed by atoms with Crippen LogP contribution in [0.2, 0.25) is 0 Å². The molecule has 1 fully saturated rings. The molecule has 8 heteroatoms. The lowest BCUT2D eigenvalue weighted by Crippen LogP contribution is -2.33. The molecule has 0 radical (unpaired) electrons. The molecule has 1 aliphatic heterocycles. The fourth-order valence-corrected chi connectivity index (χ4v) is 2.20. The van der Waals surface area contributed by atoms with Gasteiger partial charge in [0.2, 0.25) is 11.7 Å². The summed E-state index contributed by atoms with van der Waals surface area (Å²) in [4.78, 5) is 34.3. The molecule has 3 rings (SSSR count). The second kappa shape index (κ2) is 4.97. The normalized spacial score (nSPS) is 18.7. The molecule has 0 aromatic carbocycles. The highest BCUT2D eigenvalue weighted by molar-refractivity contribution is 6.03. The molecule has 2 aromatic heterocycles. The van der Waals surface area contributed by atoms with Crippen molar-refractivity contribution in [3.63, 3.8) is 0 Å².